The number of nitrogens with one attached hydrogen (secondary N) is 1. The van der Waals surface area contributed by atoms with Crippen molar-refractivity contribution >= 4 is 22.4 Å². The summed E-state index contributed by atoms with van der Waals surface area (Å²) in [6, 6.07) is 5.75. The Kier molecular flexibility index (Phi) is 2.40. The predicted octanol–water partition coefficient (Wildman–Crippen LogP) is 2.81. The maximum atomic E-state index is 5.78. The van der Waals surface area contributed by atoms with E-state index in [1.807, 2.05) is 18.2 Å². The Hall–Kier alpha value is -1.84. The van der Waals surface area contributed by atoms with Crippen LogP contribution in [-0.2, 0) is 0 Å². The van der Waals surface area contributed by atoms with Crippen LogP contribution in [0, 0.1) is 5.92 Å². The van der Waals surface area contributed by atoms with Gasteiger partial charge in [-0.2, -0.15) is 0 Å². The van der Waals surface area contributed by atoms with E-state index in [1.165, 1.54) is 12.8 Å². The molecule has 0 radical (unpaired) electrons. The third-order valence-electron chi connectivity index (χ3n) is 3.70. The largest absolute Gasteiger partial charge is 0.399 e. The first-order valence-electron chi connectivity index (χ1n) is 6.35. The van der Waals surface area contributed by atoms with Crippen molar-refractivity contribution in [3.05, 3.63) is 24.5 Å². The maximum absolute atomic E-state index is 5.78. The van der Waals surface area contributed by atoms with Gasteiger partial charge in [0.2, 0.25) is 0 Å². The third-order valence-corrected chi connectivity index (χ3v) is 3.70. The van der Waals surface area contributed by atoms with Crippen LogP contribution in [0.25, 0.3) is 10.9 Å². The van der Waals surface area contributed by atoms with Crippen molar-refractivity contribution < 1.29 is 0 Å². The smallest absolute Gasteiger partial charge is 0.137 e. The van der Waals surface area contributed by atoms with Gasteiger partial charge in [-0.25, -0.2) is 9.97 Å². The number of rotatable bonds is 3. The highest BCUT2D eigenvalue weighted by Gasteiger charge is 2.38. The van der Waals surface area contributed by atoms with E-state index in [0.29, 0.717) is 0 Å². The van der Waals surface area contributed by atoms with Gasteiger partial charge in [-0.15, -0.1) is 0 Å². The number of fused-ring (bicyclic) bond motifs is 1. The highest BCUT2D eigenvalue weighted by Crippen LogP contribution is 2.41. The zero-order chi connectivity index (χ0) is 12.8. The first-order chi connectivity index (χ1) is 8.56. The summed E-state index contributed by atoms with van der Waals surface area (Å²) in [6.07, 6.45) is 4.19. The Morgan fingerprint density at radius 2 is 2.06 bits per heavy atom. The van der Waals surface area contributed by atoms with Crippen LogP contribution in [-0.4, -0.2) is 15.5 Å². The van der Waals surface area contributed by atoms with E-state index in [2.05, 4.69) is 29.1 Å². The second-order valence-corrected chi connectivity index (χ2v) is 5.62. The molecule has 0 bridgehead atoms. The second kappa shape index (κ2) is 3.83. The second-order valence-electron chi connectivity index (χ2n) is 5.62. The van der Waals surface area contributed by atoms with Crippen LogP contribution in [0.3, 0.4) is 0 Å². The van der Waals surface area contributed by atoms with Crippen molar-refractivity contribution in [1.29, 1.82) is 0 Å². The van der Waals surface area contributed by atoms with Gasteiger partial charge >= 0.3 is 0 Å². The first kappa shape index (κ1) is 11.3. The number of anilines is 2. The van der Waals surface area contributed by atoms with Crippen molar-refractivity contribution in [2.45, 2.75) is 32.2 Å². The van der Waals surface area contributed by atoms with Gasteiger partial charge in [-0.1, -0.05) is 0 Å². The van der Waals surface area contributed by atoms with Gasteiger partial charge in [0.15, 0.2) is 0 Å². The van der Waals surface area contributed by atoms with Gasteiger partial charge in [0.05, 0.1) is 5.52 Å². The zero-order valence-corrected chi connectivity index (χ0v) is 10.8. The molecule has 0 atom stereocenters. The zero-order valence-electron chi connectivity index (χ0n) is 10.8. The molecular weight excluding hydrogens is 224 g/mol. The molecule has 94 valence electrons. The van der Waals surface area contributed by atoms with Crippen LogP contribution < -0.4 is 11.1 Å². The van der Waals surface area contributed by atoms with Crippen LogP contribution in [0.1, 0.15) is 26.7 Å². The average molecular weight is 242 g/mol. The molecule has 1 aromatic carbocycles. The van der Waals surface area contributed by atoms with Crippen molar-refractivity contribution in [2.24, 2.45) is 5.92 Å². The fraction of sp³-hybridized carbons (Fsp3) is 0.429. The number of hydrogen-bond acceptors (Lipinski definition) is 4. The quantitative estimate of drug-likeness (QED) is 0.812. The molecule has 0 aliphatic heterocycles. The number of nitrogens with two attached hydrogens (primary N) is 1. The Bertz CT molecular complexity index is 587. The molecule has 18 heavy (non-hydrogen) atoms. The van der Waals surface area contributed by atoms with E-state index < -0.39 is 0 Å². The monoisotopic (exact) mass is 242 g/mol. The normalized spacial score (nSPS) is 15.9. The van der Waals surface area contributed by atoms with Crippen molar-refractivity contribution in [3.63, 3.8) is 0 Å². The highest BCUT2D eigenvalue weighted by atomic mass is 15.1. The molecule has 0 unspecified atom stereocenters. The standard InChI is InChI=1S/C14H18N4/c1-14(2,9-3-4-9)18-13-11-6-5-10(15)7-12(11)16-8-17-13/h5-9H,3-4,15H2,1-2H3,(H,16,17,18). The van der Waals surface area contributed by atoms with Crippen LogP contribution in [0.4, 0.5) is 11.5 Å². The van der Waals surface area contributed by atoms with Gasteiger partial charge in [0.25, 0.3) is 0 Å². The average Bonchev–Trinajstić information content (AvgIpc) is 3.12. The van der Waals surface area contributed by atoms with Gasteiger partial charge in [-0.3, -0.25) is 0 Å². The Labute approximate surface area is 107 Å². The topological polar surface area (TPSA) is 63.8 Å². The van der Waals surface area contributed by atoms with Crippen LogP contribution in [0.15, 0.2) is 24.5 Å². The molecule has 1 aliphatic rings. The van der Waals surface area contributed by atoms with Crippen molar-refractivity contribution in [1.82, 2.24) is 9.97 Å². The van der Waals surface area contributed by atoms with Crippen LogP contribution >= 0.6 is 0 Å². The molecule has 4 heteroatoms. The molecule has 3 rings (SSSR count). The molecule has 1 aromatic heterocycles. The fourth-order valence-electron chi connectivity index (χ4n) is 2.39. The van der Waals surface area contributed by atoms with E-state index >= 15 is 0 Å². The number of aromatic nitrogens is 2. The molecule has 0 spiro atoms. The van der Waals surface area contributed by atoms with Gasteiger partial charge in [0.1, 0.15) is 12.1 Å². The molecule has 0 amide bonds. The van der Waals surface area contributed by atoms with Crippen molar-refractivity contribution in [2.75, 3.05) is 11.1 Å². The Morgan fingerprint density at radius 1 is 1.28 bits per heavy atom. The number of hydrogen-bond donors (Lipinski definition) is 2. The summed E-state index contributed by atoms with van der Waals surface area (Å²) in [6.45, 7) is 4.46. The molecule has 4 nitrogen and oxygen atoms in total. The number of nitrogen functional groups attached to an aromatic ring is 1. The molecule has 2 aromatic rings. The molecule has 1 saturated carbocycles. The lowest BCUT2D eigenvalue weighted by Gasteiger charge is -2.27. The van der Waals surface area contributed by atoms with E-state index in [-0.39, 0.29) is 5.54 Å². The summed E-state index contributed by atoms with van der Waals surface area (Å²) in [5, 5.41) is 4.58. The minimum Gasteiger partial charge on any atom is -0.399 e. The van der Waals surface area contributed by atoms with E-state index in [1.54, 1.807) is 6.33 Å². The molecule has 0 saturated heterocycles. The summed E-state index contributed by atoms with van der Waals surface area (Å²) < 4.78 is 0. The van der Waals surface area contributed by atoms with Gasteiger partial charge < -0.3 is 11.1 Å². The number of benzene rings is 1. The van der Waals surface area contributed by atoms with Crippen LogP contribution in [0.2, 0.25) is 0 Å². The summed E-state index contributed by atoms with van der Waals surface area (Å²) in [7, 11) is 0. The SMILES string of the molecule is CC(C)(Nc1ncnc2cc(N)ccc12)C1CC1. The lowest BCUT2D eigenvalue weighted by Crippen LogP contribution is -2.33. The van der Waals surface area contributed by atoms with E-state index in [9.17, 15) is 0 Å². The summed E-state index contributed by atoms with van der Waals surface area (Å²) in [5.74, 6) is 1.65. The van der Waals surface area contributed by atoms with Crippen LogP contribution in [0.5, 0.6) is 0 Å². The molecule has 3 N–H and O–H groups in total. The predicted molar refractivity (Wildman–Crippen MR) is 74.4 cm³/mol. The fourth-order valence-corrected chi connectivity index (χ4v) is 2.39. The Balaban J connectivity index is 2.01. The van der Waals surface area contributed by atoms with Gasteiger partial charge in [0, 0.05) is 16.6 Å². The highest BCUT2D eigenvalue weighted by molar-refractivity contribution is 5.90. The Morgan fingerprint density at radius 3 is 2.78 bits per heavy atom. The lowest BCUT2D eigenvalue weighted by molar-refractivity contribution is 0.493. The minimum absolute atomic E-state index is 0.0860. The van der Waals surface area contributed by atoms with E-state index in [0.717, 1.165) is 28.3 Å². The minimum atomic E-state index is 0.0860. The summed E-state index contributed by atoms with van der Waals surface area (Å²) in [4.78, 5) is 8.63. The number of nitrogens with zero attached hydrogens (tertiary/aromatic N) is 2. The molecule has 1 aliphatic carbocycles. The van der Waals surface area contributed by atoms with E-state index in [4.69, 9.17) is 5.73 Å². The lowest BCUT2D eigenvalue weighted by atomic mass is 9.98. The third kappa shape index (κ3) is 1.98. The molecule has 1 fully saturated rings. The maximum Gasteiger partial charge on any atom is 0.137 e. The molecular formula is C14H18N4. The summed E-state index contributed by atoms with van der Waals surface area (Å²) in [5.41, 5.74) is 7.48. The van der Waals surface area contributed by atoms with Crippen molar-refractivity contribution in [3.8, 4) is 0 Å². The molecule has 1 heterocycles. The first-order valence-corrected chi connectivity index (χ1v) is 6.35. The van der Waals surface area contributed by atoms with Gasteiger partial charge in [-0.05, 0) is 50.8 Å². The summed E-state index contributed by atoms with van der Waals surface area (Å²) >= 11 is 0.